The first-order chi connectivity index (χ1) is 3.18. The molecule has 0 saturated carbocycles. The van der Waals surface area contributed by atoms with E-state index in [2.05, 4.69) is 0 Å². The molecule has 0 aromatic heterocycles. The van der Waals surface area contributed by atoms with Gasteiger partial charge < -0.3 is 5.11 Å². The van der Waals surface area contributed by atoms with Crippen LogP contribution in [-0.4, -0.2) is 21.8 Å². The number of rotatable bonds is 2. The summed E-state index contributed by atoms with van der Waals surface area (Å²) in [7, 11) is 0. The van der Waals surface area contributed by atoms with Gasteiger partial charge in [-0.15, -0.1) is 0 Å². The van der Waals surface area contributed by atoms with Crippen molar-refractivity contribution in [1.82, 2.24) is 0 Å². The van der Waals surface area contributed by atoms with Gasteiger partial charge in [-0.2, -0.15) is 0 Å². The predicted octanol–water partition coefficient (Wildman–Crippen LogP) is 1.14. The second-order valence-electron chi connectivity index (χ2n) is 1.38. The second-order valence-corrected chi connectivity index (χ2v) is 3.34. The van der Waals surface area contributed by atoms with E-state index in [-0.39, 0.29) is 10.5 Å². The van der Waals surface area contributed by atoms with Gasteiger partial charge in [-0.25, -0.2) is 4.39 Å². The van der Waals surface area contributed by atoms with Gasteiger partial charge in [-0.3, -0.25) is 0 Å². The molecule has 44 valence electrons. The summed E-state index contributed by atoms with van der Waals surface area (Å²) in [4.78, 5) is 0. The lowest BCUT2D eigenvalue weighted by atomic mass is 10.3. The van der Waals surface area contributed by atoms with Crippen LogP contribution in [0.25, 0.3) is 0 Å². The standard InChI is InChI=1S/C4H8FIO/c1-3(6)4(5)2-7/h3-4,7H,2H2,1H3. The first kappa shape index (κ1) is 7.62. The van der Waals surface area contributed by atoms with Crippen LogP contribution in [0.5, 0.6) is 0 Å². The minimum absolute atomic E-state index is 0.0809. The topological polar surface area (TPSA) is 20.2 Å². The van der Waals surface area contributed by atoms with E-state index < -0.39 is 6.17 Å². The molecule has 2 atom stereocenters. The summed E-state index contributed by atoms with van der Waals surface area (Å²) in [5, 5.41) is 8.13. The molecule has 0 saturated heterocycles. The summed E-state index contributed by atoms with van der Waals surface area (Å²) >= 11 is 1.93. The smallest absolute Gasteiger partial charge is 0.134 e. The largest absolute Gasteiger partial charge is 0.393 e. The van der Waals surface area contributed by atoms with Crippen molar-refractivity contribution in [1.29, 1.82) is 0 Å². The van der Waals surface area contributed by atoms with Gasteiger partial charge in [-0.1, -0.05) is 29.5 Å². The fourth-order valence-corrected chi connectivity index (χ4v) is 0.373. The van der Waals surface area contributed by atoms with Gasteiger partial charge in [0.25, 0.3) is 0 Å². The minimum atomic E-state index is -1.06. The zero-order chi connectivity index (χ0) is 5.86. The Morgan fingerprint density at radius 3 is 2.29 bits per heavy atom. The van der Waals surface area contributed by atoms with Crippen molar-refractivity contribution >= 4 is 22.6 Å². The van der Waals surface area contributed by atoms with E-state index in [0.29, 0.717) is 0 Å². The van der Waals surface area contributed by atoms with Gasteiger partial charge in [0, 0.05) is 3.92 Å². The van der Waals surface area contributed by atoms with Crippen LogP contribution >= 0.6 is 22.6 Å². The molecule has 0 bridgehead atoms. The molecule has 1 N–H and O–H groups in total. The Bertz CT molecular complexity index is 49.0. The molecule has 1 nitrogen and oxygen atoms in total. The number of alkyl halides is 2. The van der Waals surface area contributed by atoms with Crippen LogP contribution in [0, 0.1) is 0 Å². The summed E-state index contributed by atoms with van der Waals surface area (Å²) in [6, 6.07) is 0. The van der Waals surface area contributed by atoms with Crippen molar-refractivity contribution in [3.05, 3.63) is 0 Å². The molecule has 0 aliphatic carbocycles. The summed E-state index contributed by atoms with van der Waals surface area (Å²) in [5.74, 6) is 0. The fourth-order valence-electron chi connectivity index (χ4n) is 0.145. The van der Waals surface area contributed by atoms with Gasteiger partial charge in [-0.05, 0) is 0 Å². The Morgan fingerprint density at radius 1 is 1.86 bits per heavy atom. The van der Waals surface area contributed by atoms with Gasteiger partial charge >= 0.3 is 0 Å². The molecular formula is C4H8FIO. The molecule has 0 spiro atoms. The van der Waals surface area contributed by atoms with Crippen LogP contribution in [-0.2, 0) is 0 Å². The minimum Gasteiger partial charge on any atom is -0.393 e. The van der Waals surface area contributed by atoms with Crippen molar-refractivity contribution in [3.63, 3.8) is 0 Å². The van der Waals surface area contributed by atoms with Crippen molar-refractivity contribution in [2.45, 2.75) is 17.0 Å². The molecule has 0 aromatic rings. The average Bonchev–Trinajstić information content (AvgIpc) is 1.65. The molecule has 0 amide bonds. The number of hydrogen-bond donors (Lipinski definition) is 1. The zero-order valence-corrected chi connectivity index (χ0v) is 6.22. The molecule has 0 radical (unpaired) electrons. The normalized spacial score (nSPS) is 18.9. The molecule has 0 fully saturated rings. The van der Waals surface area contributed by atoms with E-state index in [4.69, 9.17) is 5.11 Å². The van der Waals surface area contributed by atoms with Crippen molar-refractivity contribution < 1.29 is 9.50 Å². The van der Waals surface area contributed by atoms with Crippen LogP contribution < -0.4 is 0 Å². The van der Waals surface area contributed by atoms with E-state index in [1.165, 1.54) is 0 Å². The van der Waals surface area contributed by atoms with Crippen molar-refractivity contribution in [2.75, 3.05) is 6.61 Å². The molecule has 7 heavy (non-hydrogen) atoms. The summed E-state index contributed by atoms with van der Waals surface area (Å²) in [6.07, 6.45) is -1.06. The summed E-state index contributed by atoms with van der Waals surface area (Å²) in [6.45, 7) is 1.37. The maximum atomic E-state index is 12.0. The highest BCUT2D eigenvalue weighted by molar-refractivity contribution is 14.1. The third-order valence-electron chi connectivity index (χ3n) is 0.673. The molecule has 0 aliphatic heterocycles. The number of hydrogen-bond acceptors (Lipinski definition) is 1. The number of aliphatic hydroxyl groups excluding tert-OH is 1. The first-order valence-electron chi connectivity index (χ1n) is 2.07. The number of aliphatic hydroxyl groups is 1. The van der Waals surface area contributed by atoms with Crippen molar-refractivity contribution in [3.8, 4) is 0 Å². The molecular weight excluding hydrogens is 210 g/mol. The molecule has 0 aromatic carbocycles. The Kier molecular flexibility index (Phi) is 3.92. The number of halogens is 2. The van der Waals surface area contributed by atoms with Gasteiger partial charge in [0.05, 0.1) is 6.61 Å². The van der Waals surface area contributed by atoms with Crippen LogP contribution in [0.3, 0.4) is 0 Å². The second kappa shape index (κ2) is 3.60. The van der Waals surface area contributed by atoms with E-state index in [1.807, 2.05) is 22.6 Å². The van der Waals surface area contributed by atoms with Crippen LogP contribution in [0.4, 0.5) is 4.39 Å². The van der Waals surface area contributed by atoms with E-state index in [0.717, 1.165) is 0 Å². The van der Waals surface area contributed by atoms with Gasteiger partial charge in [0.15, 0.2) is 0 Å². The van der Waals surface area contributed by atoms with E-state index >= 15 is 0 Å². The SMILES string of the molecule is CC(I)C(F)CO. The lowest BCUT2D eigenvalue weighted by Crippen LogP contribution is -2.15. The molecule has 0 aliphatic rings. The highest BCUT2D eigenvalue weighted by atomic mass is 127. The van der Waals surface area contributed by atoms with Crippen molar-refractivity contribution in [2.24, 2.45) is 0 Å². The Morgan fingerprint density at radius 2 is 2.29 bits per heavy atom. The third kappa shape index (κ3) is 3.22. The summed E-state index contributed by atoms with van der Waals surface area (Å²) in [5.41, 5.74) is 0. The van der Waals surface area contributed by atoms with Gasteiger partial charge in [0.2, 0.25) is 0 Å². The molecule has 2 unspecified atom stereocenters. The fraction of sp³-hybridized carbons (Fsp3) is 1.00. The van der Waals surface area contributed by atoms with Crippen LogP contribution in [0.2, 0.25) is 0 Å². The zero-order valence-electron chi connectivity index (χ0n) is 4.06. The van der Waals surface area contributed by atoms with E-state index in [9.17, 15) is 4.39 Å². The maximum Gasteiger partial charge on any atom is 0.134 e. The highest BCUT2D eigenvalue weighted by Gasteiger charge is 2.09. The Balaban J connectivity index is 3.14. The van der Waals surface area contributed by atoms with Crippen LogP contribution in [0.1, 0.15) is 6.92 Å². The average molecular weight is 218 g/mol. The highest BCUT2D eigenvalue weighted by Crippen LogP contribution is 2.07. The lowest BCUT2D eigenvalue weighted by molar-refractivity contribution is 0.181. The summed E-state index contributed by atoms with van der Waals surface area (Å²) < 4.78 is 11.9. The van der Waals surface area contributed by atoms with Gasteiger partial charge in [0.1, 0.15) is 6.17 Å². The third-order valence-corrected chi connectivity index (χ3v) is 1.45. The monoisotopic (exact) mass is 218 g/mol. The quantitative estimate of drug-likeness (QED) is 0.544. The molecule has 0 rings (SSSR count). The Hall–Kier alpha value is 0.620. The van der Waals surface area contributed by atoms with Crippen LogP contribution in [0.15, 0.2) is 0 Å². The Labute approximate surface area is 56.1 Å². The maximum absolute atomic E-state index is 12.0. The predicted molar refractivity (Wildman–Crippen MR) is 35.5 cm³/mol. The lowest BCUT2D eigenvalue weighted by Gasteiger charge is -2.03. The first-order valence-corrected chi connectivity index (χ1v) is 3.32. The molecule has 3 heteroatoms. The molecule has 0 heterocycles. The van der Waals surface area contributed by atoms with E-state index in [1.54, 1.807) is 6.92 Å².